The second-order valence-corrected chi connectivity index (χ2v) is 10.0. The number of urea groups is 1. The maximum absolute atomic E-state index is 13.0. The van der Waals surface area contributed by atoms with E-state index >= 15 is 0 Å². The summed E-state index contributed by atoms with van der Waals surface area (Å²) in [4.78, 5) is 22.0. The zero-order valence-electron chi connectivity index (χ0n) is 22.0. The van der Waals surface area contributed by atoms with Crippen LogP contribution in [0, 0.1) is 0 Å². The Morgan fingerprint density at radius 1 is 1.08 bits per heavy atom. The minimum absolute atomic E-state index is 0.0529. The Kier molecular flexibility index (Phi) is 7.28. The van der Waals surface area contributed by atoms with Crippen molar-refractivity contribution in [1.82, 2.24) is 24.6 Å². The summed E-state index contributed by atoms with van der Waals surface area (Å²) < 4.78 is 40.6. The van der Waals surface area contributed by atoms with Crippen LogP contribution in [0.4, 0.5) is 29.3 Å². The van der Waals surface area contributed by atoms with Crippen molar-refractivity contribution in [1.29, 1.82) is 0 Å². The lowest BCUT2D eigenvalue weighted by molar-refractivity contribution is -0.137. The van der Waals surface area contributed by atoms with Crippen LogP contribution in [0.5, 0.6) is 0 Å². The fourth-order valence-corrected chi connectivity index (χ4v) is 4.89. The molecule has 1 saturated heterocycles. The fraction of sp³-hybridized carbons (Fsp3) is 0.321. The molecule has 5 rings (SSSR count). The normalized spacial score (nSPS) is 16.2. The molecule has 3 heterocycles. The summed E-state index contributed by atoms with van der Waals surface area (Å²) in [6.07, 6.45) is -1.56. The Bertz CT molecular complexity index is 1480. The highest BCUT2D eigenvalue weighted by molar-refractivity contribution is 6.00. The second-order valence-electron chi connectivity index (χ2n) is 10.0. The van der Waals surface area contributed by atoms with Crippen LogP contribution in [-0.4, -0.2) is 63.8 Å². The van der Waals surface area contributed by atoms with E-state index in [2.05, 4.69) is 45.7 Å². The van der Waals surface area contributed by atoms with Gasteiger partial charge in [0.25, 0.3) is 0 Å². The lowest BCUT2D eigenvalue weighted by atomic mass is 10.0. The average Bonchev–Trinajstić information content (AvgIpc) is 3.51. The third-order valence-corrected chi connectivity index (χ3v) is 7.02. The van der Waals surface area contributed by atoms with Gasteiger partial charge in [0.2, 0.25) is 0 Å². The number of halogens is 3. The standard InChI is InChI=1S/C28H30F3N7O/c1-36(2)23-11-12-38(17-23)16-22-14-24(25-15-32-37(3)26(25)33-22)18-7-9-20(10-8-18)34-27(39)35-21-6-4-5-19(13-21)28(29,30)31/h4-10,13-15,23H,11-12,16-17H2,1-3H3,(H2,34,35,39)/t23-/m0/s1. The van der Waals surface area contributed by atoms with Crippen molar-refractivity contribution in [3.63, 3.8) is 0 Å². The van der Waals surface area contributed by atoms with Crippen LogP contribution in [0.3, 0.4) is 0 Å². The number of pyridine rings is 1. The van der Waals surface area contributed by atoms with Gasteiger partial charge in [-0.05, 0) is 68.0 Å². The van der Waals surface area contributed by atoms with E-state index in [4.69, 9.17) is 4.98 Å². The number of benzene rings is 2. The summed E-state index contributed by atoms with van der Waals surface area (Å²) in [6, 6.07) is 13.8. The third kappa shape index (κ3) is 6.04. The number of likely N-dealkylation sites (tertiary alicyclic amines) is 1. The predicted octanol–water partition coefficient (Wildman–Crippen LogP) is 5.43. The lowest BCUT2D eigenvalue weighted by Gasteiger charge is -2.20. The minimum Gasteiger partial charge on any atom is -0.308 e. The Morgan fingerprint density at radius 2 is 1.82 bits per heavy atom. The number of amides is 2. The number of aromatic nitrogens is 3. The molecule has 0 bridgehead atoms. The Hall–Kier alpha value is -3.96. The number of aryl methyl sites for hydroxylation is 1. The Labute approximate surface area is 224 Å². The highest BCUT2D eigenvalue weighted by Gasteiger charge is 2.30. The number of nitrogens with zero attached hydrogens (tertiary/aromatic N) is 5. The van der Waals surface area contributed by atoms with Crippen molar-refractivity contribution in [3.05, 3.63) is 72.1 Å². The molecule has 2 aromatic carbocycles. The third-order valence-electron chi connectivity index (χ3n) is 7.02. The first-order chi connectivity index (χ1) is 18.6. The van der Waals surface area contributed by atoms with Crippen molar-refractivity contribution in [3.8, 4) is 11.1 Å². The quantitative estimate of drug-likeness (QED) is 0.343. The summed E-state index contributed by atoms with van der Waals surface area (Å²) in [7, 11) is 6.09. The molecule has 1 atom stereocenters. The molecule has 0 saturated carbocycles. The first-order valence-electron chi connectivity index (χ1n) is 12.6. The van der Waals surface area contributed by atoms with Crippen LogP contribution >= 0.6 is 0 Å². The van der Waals surface area contributed by atoms with Gasteiger partial charge in [0.1, 0.15) is 0 Å². The average molecular weight is 538 g/mol. The van der Waals surface area contributed by atoms with Gasteiger partial charge in [-0.3, -0.25) is 9.58 Å². The number of carbonyl (C=O) groups is 1. The van der Waals surface area contributed by atoms with Crippen LogP contribution in [0.15, 0.2) is 60.8 Å². The van der Waals surface area contributed by atoms with E-state index < -0.39 is 17.8 Å². The van der Waals surface area contributed by atoms with Gasteiger partial charge >= 0.3 is 12.2 Å². The number of rotatable bonds is 6. The highest BCUT2D eigenvalue weighted by Crippen LogP contribution is 2.32. The lowest BCUT2D eigenvalue weighted by Crippen LogP contribution is -2.31. The van der Waals surface area contributed by atoms with Crippen molar-refractivity contribution in [2.24, 2.45) is 7.05 Å². The predicted molar refractivity (Wildman–Crippen MR) is 145 cm³/mol. The fourth-order valence-electron chi connectivity index (χ4n) is 4.89. The Balaban J connectivity index is 1.32. The molecule has 1 aliphatic rings. The molecular weight excluding hydrogens is 507 g/mol. The van der Waals surface area contributed by atoms with Gasteiger partial charge in [-0.25, -0.2) is 9.78 Å². The molecule has 2 amide bonds. The number of fused-ring (bicyclic) bond motifs is 1. The molecule has 1 fully saturated rings. The molecule has 4 aromatic rings. The molecule has 11 heteroatoms. The molecular formula is C28H30F3N7O. The van der Waals surface area contributed by atoms with E-state index in [1.807, 2.05) is 19.2 Å². The topological polar surface area (TPSA) is 78.3 Å². The van der Waals surface area contributed by atoms with Crippen LogP contribution in [0.2, 0.25) is 0 Å². The maximum atomic E-state index is 13.0. The number of carbonyl (C=O) groups excluding carboxylic acids is 1. The number of hydrogen-bond acceptors (Lipinski definition) is 5. The number of anilines is 2. The largest absolute Gasteiger partial charge is 0.416 e. The molecule has 0 spiro atoms. The van der Waals surface area contributed by atoms with Gasteiger partial charge in [-0.2, -0.15) is 18.3 Å². The first-order valence-corrected chi connectivity index (χ1v) is 12.6. The molecule has 0 unspecified atom stereocenters. The summed E-state index contributed by atoms with van der Waals surface area (Å²) in [5, 5.41) is 10.5. The van der Waals surface area contributed by atoms with Crippen molar-refractivity contribution in [2.45, 2.75) is 25.2 Å². The van der Waals surface area contributed by atoms with Crippen LogP contribution < -0.4 is 10.6 Å². The van der Waals surface area contributed by atoms with Crippen molar-refractivity contribution in [2.75, 3.05) is 37.8 Å². The van der Waals surface area contributed by atoms with Crippen LogP contribution in [0.25, 0.3) is 22.2 Å². The van der Waals surface area contributed by atoms with E-state index in [-0.39, 0.29) is 5.69 Å². The van der Waals surface area contributed by atoms with E-state index in [9.17, 15) is 18.0 Å². The molecule has 39 heavy (non-hydrogen) atoms. The number of hydrogen-bond donors (Lipinski definition) is 2. The molecule has 0 radical (unpaired) electrons. The summed E-state index contributed by atoms with van der Waals surface area (Å²) in [5.41, 5.74) is 3.42. The highest BCUT2D eigenvalue weighted by atomic mass is 19.4. The maximum Gasteiger partial charge on any atom is 0.416 e. The van der Waals surface area contributed by atoms with Crippen molar-refractivity contribution >= 4 is 28.4 Å². The second kappa shape index (κ2) is 10.7. The van der Waals surface area contributed by atoms with Gasteiger partial charge in [0.15, 0.2) is 5.65 Å². The molecule has 2 N–H and O–H groups in total. The van der Waals surface area contributed by atoms with Gasteiger partial charge in [0.05, 0.1) is 17.5 Å². The molecule has 2 aromatic heterocycles. The van der Waals surface area contributed by atoms with Gasteiger partial charge in [0, 0.05) is 49.5 Å². The van der Waals surface area contributed by atoms with Crippen LogP contribution in [0.1, 0.15) is 17.7 Å². The van der Waals surface area contributed by atoms with Crippen LogP contribution in [-0.2, 0) is 19.8 Å². The molecule has 8 nitrogen and oxygen atoms in total. The Morgan fingerprint density at radius 3 is 2.51 bits per heavy atom. The van der Waals surface area contributed by atoms with E-state index in [0.29, 0.717) is 11.7 Å². The zero-order valence-corrected chi connectivity index (χ0v) is 22.0. The summed E-state index contributed by atoms with van der Waals surface area (Å²) in [6.45, 7) is 2.76. The van der Waals surface area contributed by atoms with Gasteiger partial charge in [-0.15, -0.1) is 0 Å². The SMILES string of the molecule is CN(C)[C@H]1CCN(Cc2cc(-c3ccc(NC(=O)Nc4cccc(C(F)(F)F)c4)cc3)c3cnn(C)c3n2)C1. The first kappa shape index (κ1) is 26.6. The van der Waals surface area contributed by atoms with Gasteiger partial charge in [-0.1, -0.05) is 18.2 Å². The van der Waals surface area contributed by atoms with E-state index in [1.165, 1.54) is 12.1 Å². The van der Waals surface area contributed by atoms with E-state index in [1.54, 1.807) is 23.0 Å². The smallest absolute Gasteiger partial charge is 0.308 e. The van der Waals surface area contributed by atoms with Crippen molar-refractivity contribution < 1.29 is 18.0 Å². The molecule has 1 aliphatic heterocycles. The van der Waals surface area contributed by atoms with E-state index in [0.717, 1.165) is 66.0 Å². The molecule has 204 valence electrons. The minimum atomic E-state index is -4.49. The summed E-state index contributed by atoms with van der Waals surface area (Å²) in [5.74, 6) is 0. The van der Waals surface area contributed by atoms with Gasteiger partial charge < -0.3 is 15.5 Å². The number of nitrogens with one attached hydrogen (secondary N) is 2. The molecule has 0 aliphatic carbocycles. The summed E-state index contributed by atoms with van der Waals surface area (Å²) >= 11 is 0. The monoisotopic (exact) mass is 537 g/mol. The zero-order chi connectivity index (χ0) is 27.7. The number of alkyl halides is 3. The number of likely N-dealkylation sites (N-methyl/N-ethyl adjacent to an activating group) is 1.